The predicted molar refractivity (Wildman–Crippen MR) is 137 cm³/mol. The molecule has 2 fully saturated rings. The zero-order chi connectivity index (χ0) is 26.8. The van der Waals surface area contributed by atoms with E-state index < -0.39 is 21.5 Å². The third-order valence-corrected chi connectivity index (χ3v) is 10.4. The first-order valence-electron chi connectivity index (χ1n) is 13.0. The standard InChI is InChI=1S/C28H40O8S/c1-19-5-8-21(9-6-19)37(31,32)36-17-28(16-29)14-11-22-20(15-28)7-10-23-25(26(30)34-4)24(35-18-33-3)12-13-27(22,23)2/h5-10,20,22-25,29H,11-18H2,1-4H3/t20-,22-,23+,24+,25+,27-,28+/m1/s1. The summed E-state index contributed by atoms with van der Waals surface area (Å²) < 4.78 is 47.3. The Morgan fingerprint density at radius 3 is 2.49 bits per heavy atom. The number of carbonyl (C=O) groups excluding carboxylic acids is 1. The van der Waals surface area contributed by atoms with Gasteiger partial charge in [0.05, 0.1) is 37.2 Å². The lowest BCUT2D eigenvalue weighted by atomic mass is 9.47. The Morgan fingerprint density at radius 1 is 1.11 bits per heavy atom. The smallest absolute Gasteiger partial charge is 0.311 e. The fraction of sp³-hybridized carbons (Fsp3) is 0.679. The Balaban J connectivity index is 1.52. The van der Waals surface area contributed by atoms with Crippen molar-refractivity contribution in [3.63, 3.8) is 0 Å². The van der Waals surface area contributed by atoms with Gasteiger partial charge < -0.3 is 19.3 Å². The van der Waals surface area contributed by atoms with E-state index in [1.807, 2.05) is 6.92 Å². The van der Waals surface area contributed by atoms with E-state index in [2.05, 4.69) is 19.1 Å². The number of carbonyl (C=O) groups is 1. The van der Waals surface area contributed by atoms with Gasteiger partial charge in [0.1, 0.15) is 6.79 Å². The van der Waals surface area contributed by atoms with Crippen LogP contribution in [0.1, 0.15) is 44.6 Å². The molecule has 4 rings (SSSR count). The molecule has 0 spiro atoms. The summed E-state index contributed by atoms with van der Waals surface area (Å²) in [5, 5.41) is 10.4. The number of hydrogen-bond donors (Lipinski definition) is 1. The minimum Gasteiger partial charge on any atom is -0.469 e. The molecule has 8 nitrogen and oxygen atoms in total. The first-order chi connectivity index (χ1) is 17.6. The van der Waals surface area contributed by atoms with Crippen LogP contribution in [-0.2, 0) is 33.3 Å². The van der Waals surface area contributed by atoms with Crippen LogP contribution in [-0.4, -0.2) is 59.8 Å². The molecule has 1 aromatic carbocycles. The number of allylic oxidation sites excluding steroid dienone is 2. The van der Waals surface area contributed by atoms with E-state index in [0.717, 1.165) is 24.8 Å². The lowest BCUT2D eigenvalue weighted by Gasteiger charge is -2.58. The van der Waals surface area contributed by atoms with Crippen molar-refractivity contribution in [3.05, 3.63) is 42.0 Å². The minimum atomic E-state index is -3.92. The summed E-state index contributed by atoms with van der Waals surface area (Å²) >= 11 is 0. The average Bonchev–Trinajstić information content (AvgIpc) is 2.90. The van der Waals surface area contributed by atoms with E-state index in [1.165, 1.54) is 7.11 Å². The van der Waals surface area contributed by atoms with Crippen LogP contribution in [0.5, 0.6) is 0 Å². The predicted octanol–water partition coefficient (Wildman–Crippen LogP) is 3.86. The van der Waals surface area contributed by atoms with E-state index in [1.54, 1.807) is 31.4 Å². The van der Waals surface area contributed by atoms with E-state index in [-0.39, 0.29) is 54.2 Å². The third kappa shape index (κ3) is 5.52. The van der Waals surface area contributed by atoms with Crippen molar-refractivity contribution in [3.8, 4) is 0 Å². The van der Waals surface area contributed by atoms with E-state index in [0.29, 0.717) is 18.8 Å². The van der Waals surface area contributed by atoms with Gasteiger partial charge in [-0.15, -0.1) is 0 Å². The molecule has 0 heterocycles. The number of aliphatic hydroxyl groups is 1. The zero-order valence-corrected chi connectivity index (χ0v) is 23.0. The summed E-state index contributed by atoms with van der Waals surface area (Å²) in [6, 6.07) is 6.57. The summed E-state index contributed by atoms with van der Waals surface area (Å²) in [5.74, 6) is -0.260. The molecule has 0 radical (unpaired) electrons. The van der Waals surface area contributed by atoms with Crippen LogP contribution in [0.15, 0.2) is 41.3 Å². The highest BCUT2D eigenvalue weighted by atomic mass is 32.2. The van der Waals surface area contributed by atoms with Crippen LogP contribution < -0.4 is 0 Å². The van der Waals surface area contributed by atoms with Gasteiger partial charge in [0.25, 0.3) is 10.1 Å². The summed E-state index contributed by atoms with van der Waals surface area (Å²) in [6.07, 6.45) is 7.73. The number of esters is 1. The second-order valence-corrected chi connectivity index (χ2v) is 12.9. The Kier molecular flexibility index (Phi) is 8.50. The highest BCUT2D eigenvalue weighted by Gasteiger charge is 2.57. The van der Waals surface area contributed by atoms with Crippen molar-refractivity contribution in [2.24, 2.45) is 34.5 Å². The van der Waals surface area contributed by atoms with E-state index in [4.69, 9.17) is 18.4 Å². The van der Waals surface area contributed by atoms with Crippen LogP contribution in [0.3, 0.4) is 0 Å². The van der Waals surface area contributed by atoms with Crippen molar-refractivity contribution in [2.45, 2.75) is 57.0 Å². The van der Waals surface area contributed by atoms with Gasteiger partial charge in [0.15, 0.2) is 0 Å². The molecule has 1 aromatic rings. The molecule has 206 valence electrons. The van der Waals surface area contributed by atoms with E-state index in [9.17, 15) is 18.3 Å². The fourth-order valence-corrected chi connectivity index (χ4v) is 8.00. The van der Waals surface area contributed by atoms with Crippen molar-refractivity contribution < 1.29 is 36.7 Å². The van der Waals surface area contributed by atoms with Gasteiger partial charge in [-0.05, 0) is 74.3 Å². The number of aryl methyl sites for hydroxylation is 1. The molecule has 0 aromatic heterocycles. The van der Waals surface area contributed by atoms with E-state index >= 15 is 0 Å². The molecular weight excluding hydrogens is 496 g/mol. The van der Waals surface area contributed by atoms with Crippen LogP contribution in [0.4, 0.5) is 0 Å². The maximum Gasteiger partial charge on any atom is 0.311 e. The normalized spacial score (nSPS) is 35.4. The second kappa shape index (κ2) is 11.1. The number of aliphatic hydroxyl groups excluding tert-OH is 1. The first kappa shape index (κ1) is 28.2. The van der Waals surface area contributed by atoms with Crippen molar-refractivity contribution in [1.29, 1.82) is 0 Å². The lowest BCUT2D eigenvalue weighted by Crippen LogP contribution is -2.55. The highest BCUT2D eigenvalue weighted by Crippen LogP contribution is 2.60. The molecule has 0 unspecified atom stereocenters. The van der Waals surface area contributed by atoms with Gasteiger partial charge >= 0.3 is 5.97 Å². The molecule has 9 heteroatoms. The number of rotatable bonds is 9. The Bertz CT molecular complexity index is 1080. The van der Waals surface area contributed by atoms with Crippen LogP contribution >= 0.6 is 0 Å². The maximum atomic E-state index is 12.9. The largest absolute Gasteiger partial charge is 0.469 e. The topological polar surface area (TPSA) is 108 Å². The number of benzene rings is 1. The number of ether oxygens (including phenoxy) is 3. The quantitative estimate of drug-likeness (QED) is 0.219. The first-order valence-corrected chi connectivity index (χ1v) is 14.4. The number of fused-ring (bicyclic) bond motifs is 3. The lowest BCUT2D eigenvalue weighted by molar-refractivity contribution is -0.178. The van der Waals surface area contributed by atoms with Gasteiger partial charge in [0, 0.05) is 12.5 Å². The Hall–Kier alpha value is -1.78. The van der Waals surface area contributed by atoms with Crippen LogP contribution in [0.25, 0.3) is 0 Å². The number of methoxy groups -OCH3 is 2. The molecule has 37 heavy (non-hydrogen) atoms. The third-order valence-electron chi connectivity index (χ3n) is 9.14. The van der Waals surface area contributed by atoms with Crippen molar-refractivity contribution in [1.82, 2.24) is 0 Å². The summed E-state index contributed by atoms with van der Waals surface area (Å²) in [6.45, 7) is 4.07. The summed E-state index contributed by atoms with van der Waals surface area (Å²) in [4.78, 5) is 13.0. The number of hydrogen-bond acceptors (Lipinski definition) is 8. The van der Waals surface area contributed by atoms with Gasteiger partial charge in [-0.2, -0.15) is 8.42 Å². The average molecular weight is 537 g/mol. The second-order valence-electron chi connectivity index (χ2n) is 11.3. The van der Waals surface area contributed by atoms with Crippen molar-refractivity contribution in [2.75, 3.05) is 34.2 Å². The maximum absolute atomic E-state index is 12.9. The van der Waals surface area contributed by atoms with Gasteiger partial charge in [0.2, 0.25) is 0 Å². The Morgan fingerprint density at radius 2 is 1.84 bits per heavy atom. The molecular formula is C28H40O8S. The van der Waals surface area contributed by atoms with Crippen LogP contribution in [0.2, 0.25) is 0 Å². The SMILES string of the molecule is COCO[C@H]1CC[C@]2(C)[C@@H]3CC[C@](CO)(COS(=O)(=O)c4ccc(C)cc4)C[C@H]3C=C[C@H]2[C@@H]1C(=O)OC. The van der Waals surface area contributed by atoms with Gasteiger partial charge in [-0.3, -0.25) is 8.98 Å². The van der Waals surface area contributed by atoms with Crippen LogP contribution in [0, 0.1) is 41.4 Å². The van der Waals surface area contributed by atoms with Crippen molar-refractivity contribution >= 4 is 16.1 Å². The van der Waals surface area contributed by atoms with Gasteiger partial charge in [-0.1, -0.05) is 36.8 Å². The highest BCUT2D eigenvalue weighted by molar-refractivity contribution is 7.86. The molecule has 3 aliphatic carbocycles. The fourth-order valence-electron chi connectivity index (χ4n) is 6.99. The zero-order valence-electron chi connectivity index (χ0n) is 22.2. The Labute approximate surface area is 220 Å². The molecule has 7 atom stereocenters. The molecule has 0 bridgehead atoms. The summed E-state index contributed by atoms with van der Waals surface area (Å²) in [5.41, 5.74) is 0.183. The molecule has 3 aliphatic rings. The van der Waals surface area contributed by atoms with Gasteiger partial charge in [-0.25, -0.2) is 0 Å². The molecule has 2 saturated carbocycles. The summed E-state index contributed by atoms with van der Waals surface area (Å²) in [7, 11) is -0.943. The minimum absolute atomic E-state index is 0.0309. The molecule has 0 saturated heterocycles. The molecule has 0 aliphatic heterocycles. The molecule has 1 N–H and O–H groups in total. The molecule has 0 amide bonds. The monoisotopic (exact) mass is 536 g/mol.